The number of amides is 1. The zero-order chi connectivity index (χ0) is 15.4. The Kier molecular flexibility index (Phi) is 4.85. The van der Waals surface area contributed by atoms with Gasteiger partial charge in [0.2, 0.25) is 5.91 Å². The van der Waals surface area contributed by atoms with Crippen LogP contribution in [0.3, 0.4) is 0 Å². The van der Waals surface area contributed by atoms with E-state index in [2.05, 4.69) is 35.5 Å². The van der Waals surface area contributed by atoms with E-state index in [-0.39, 0.29) is 5.91 Å². The SMILES string of the molecule is Cc1cccc(-c2nc(CCC(=O)N3CCOCC3)cs2)c1. The van der Waals surface area contributed by atoms with E-state index in [1.54, 1.807) is 11.3 Å². The second-order valence-corrected chi connectivity index (χ2v) is 6.36. The smallest absolute Gasteiger partial charge is 0.223 e. The highest BCUT2D eigenvalue weighted by atomic mass is 32.1. The Morgan fingerprint density at radius 3 is 2.95 bits per heavy atom. The predicted molar refractivity (Wildman–Crippen MR) is 88.0 cm³/mol. The van der Waals surface area contributed by atoms with Crippen LogP contribution in [0.15, 0.2) is 29.6 Å². The van der Waals surface area contributed by atoms with Gasteiger partial charge in [0.25, 0.3) is 0 Å². The average Bonchev–Trinajstić information content (AvgIpc) is 3.02. The number of ether oxygens (including phenoxy) is 1. The number of aromatic nitrogens is 1. The van der Waals surface area contributed by atoms with Gasteiger partial charge in [0.1, 0.15) is 5.01 Å². The minimum atomic E-state index is 0.202. The molecule has 0 radical (unpaired) electrons. The van der Waals surface area contributed by atoms with Crippen LogP contribution in [0.4, 0.5) is 0 Å². The van der Waals surface area contributed by atoms with E-state index in [1.807, 2.05) is 11.0 Å². The van der Waals surface area contributed by atoms with Gasteiger partial charge in [-0.15, -0.1) is 11.3 Å². The summed E-state index contributed by atoms with van der Waals surface area (Å²) in [4.78, 5) is 18.7. The fourth-order valence-electron chi connectivity index (χ4n) is 2.54. The molecule has 4 nitrogen and oxygen atoms in total. The van der Waals surface area contributed by atoms with Crippen molar-refractivity contribution in [3.63, 3.8) is 0 Å². The van der Waals surface area contributed by atoms with Gasteiger partial charge >= 0.3 is 0 Å². The predicted octanol–water partition coefficient (Wildman–Crippen LogP) is 2.91. The Morgan fingerprint density at radius 1 is 1.36 bits per heavy atom. The van der Waals surface area contributed by atoms with E-state index < -0.39 is 0 Å². The van der Waals surface area contributed by atoms with Gasteiger partial charge in [0.15, 0.2) is 0 Å². The Balaban J connectivity index is 1.59. The second kappa shape index (κ2) is 7.03. The quantitative estimate of drug-likeness (QED) is 0.871. The van der Waals surface area contributed by atoms with E-state index in [1.165, 1.54) is 5.56 Å². The molecule has 0 spiro atoms. The third kappa shape index (κ3) is 3.72. The van der Waals surface area contributed by atoms with Crippen molar-refractivity contribution in [1.29, 1.82) is 0 Å². The van der Waals surface area contributed by atoms with Crippen LogP contribution in [0, 0.1) is 6.92 Å². The van der Waals surface area contributed by atoms with Gasteiger partial charge in [-0.1, -0.05) is 23.8 Å². The standard InChI is InChI=1S/C17H20N2O2S/c1-13-3-2-4-14(11-13)17-18-15(12-22-17)5-6-16(20)19-7-9-21-10-8-19/h2-4,11-12H,5-10H2,1H3. The van der Waals surface area contributed by atoms with Gasteiger partial charge in [-0.3, -0.25) is 4.79 Å². The summed E-state index contributed by atoms with van der Waals surface area (Å²) in [5.74, 6) is 0.202. The summed E-state index contributed by atoms with van der Waals surface area (Å²) in [5, 5.41) is 3.09. The molecule has 1 aromatic carbocycles. The van der Waals surface area contributed by atoms with Crippen LogP contribution in [-0.2, 0) is 16.0 Å². The fraction of sp³-hybridized carbons (Fsp3) is 0.412. The van der Waals surface area contributed by atoms with E-state index in [4.69, 9.17) is 4.74 Å². The Labute approximate surface area is 134 Å². The number of morpholine rings is 1. The van der Waals surface area contributed by atoms with Crippen molar-refractivity contribution < 1.29 is 9.53 Å². The average molecular weight is 316 g/mol. The number of hydrogen-bond acceptors (Lipinski definition) is 4. The lowest BCUT2D eigenvalue weighted by Crippen LogP contribution is -2.40. The van der Waals surface area contributed by atoms with Crippen LogP contribution in [-0.4, -0.2) is 42.1 Å². The van der Waals surface area contributed by atoms with Crippen LogP contribution in [0.25, 0.3) is 10.6 Å². The lowest BCUT2D eigenvalue weighted by atomic mass is 10.1. The van der Waals surface area contributed by atoms with E-state index in [9.17, 15) is 4.79 Å². The molecule has 1 aromatic heterocycles. The molecule has 0 bridgehead atoms. The summed E-state index contributed by atoms with van der Waals surface area (Å²) in [6, 6.07) is 8.35. The molecule has 1 aliphatic heterocycles. The molecule has 3 rings (SSSR count). The van der Waals surface area contributed by atoms with E-state index in [0.29, 0.717) is 39.1 Å². The third-order valence-corrected chi connectivity index (χ3v) is 4.72. The van der Waals surface area contributed by atoms with Crippen molar-refractivity contribution in [3.05, 3.63) is 40.9 Å². The summed E-state index contributed by atoms with van der Waals surface area (Å²) >= 11 is 1.64. The van der Waals surface area contributed by atoms with E-state index in [0.717, 1.165) is 16.3 Å². The molecule has 0 unspecified atom stereocenters. The maximum Gasteiger partial charge on any atom is 0.223 e. The highest BCUT2D eigenvalue weighted by Gasteiger charge is 2.17. The topological polar surface area (TPSA) is 42.4 Å². The van der Waals surface area contributed by atoms with Crippen LogP contribution in [0.1, 0.15) is 17.7 Å². The first-order valence-corrected chi connectivity index (χ1v) is 8.47. The number of nitrogens with zero attached hydrogens (tertiary/aromatic N) is 2. The molecule has 0 aliphatic carbocycles. The summed E-state index contributed by atoms with van der Waals surface area (Å²) in [6.45, 7) is 4.81. The van der Waals surface area contributed by atoms with Crippen LogP contribution < -0.4 is 0 Å². The molecule has 5 heteroatoms. The molecule has 1 fully saturated rings. The number of carbonyl (C=O) groups excluding carboxylic acids is 1. The first kappa shape index (κ1) is 15.2. The Hall–Kier alpha value is -1.72. The van der Waals surface area contributed by atoms with Gasteiger partial charge in [0.05, 0.1) is 18.9 Å². The van der Waals surface area contributed by atoms with Gasteiger partial charge in [-0.05, 0) is 19.4 Å². The molecule has 1 aliphatic rings. The van der Waals surface area contributed by atoms with Crippen LogP contribution >= 0.6 is 11.3 Å². The van der Waals surface area contributed by atoms with Crippen molar-refractivity contribution >= 4 is 17.2 Å². The molecule has 2 heterocycles. The highest BCUT2D eigenvalue weighted by molar-refractivity contribution is 7.13. The minimum absolute atomic E-state index is 0.202. The summed E-state index contributed by atoms with van der Waals surface area (Å²) < 4.78 is 5.27. The molecule has 2 aromatic rings. The molecule has 116 valence electrons. The summed E-state index contributed by atoms with van der Waals surface area (Å²) in [6.07, 6.45) is 1.23. The third-order valence-electron chi connectivity index (χ3n) is 3.78. The lowest BCUT2D eigenvalue weighted by molar-refractivity contribution is -0.135. The monoisotopic (exact) mass is 316 g/mol. The zero-order valence-corrected chi connectivity index (χ0v) is 13.6. The number of rotatable bonds is 4. The molecule has 0 N–H and O–H groups in total. The number of thiazole rings is 1. The van der Waals surface area contributed by atoms with Crippen molar-refractivity contribution in [2.24, 2.45) is 0 Å². The maximum absolute atomic E-state index is 12.1. The normalized spacial score (nSPS) is 15.0. The minimum Gasteiger partial charge on any atom is -0.378 e. The zero-order valence-electron chi connectivity index (χ0n) is 12.7. The molecule has 22 heavy (non-hydrogen) atoms. The molecule has 0 atom stereocenters. The lowest BCUT2D eigenvalue weighted by Gasteiger charge is -2.26. The second-order valence-electron chi connectivity index (χ2n) is 5.51. The molecular weight excluding hydrogens is 296 g/mol. The summed E-state index contributed by atoms with van der Waals surface area (Å²) in [5.41, 5.74) is 3.38. The first-order chi connectivity index (χ1) is 10.7. The molecule has 1 saturated heterocycles. The van der Waals surface area contributed by atoms with E-state index >= 15 is 0 Å². The van der Waals surface area contributed by atoms with Crippen molar-refractivity contribution in [2.75, 3.05) is 26.3 Å². The largest absolute Gasteiger partial charge is 0.378 e. The van der Waals surface area contributed by atoms with Crippen molar-refractivity contribution in [2.45, 2.75) is 19.8 Å². The fourth-order valence-corrected chi connectivity index (χ4v) is 3.39. The molecule has 0 saturated carbocycles. The number of carbonyl (C=O) groups is 1. The Bertz CT molecular complexity index is 648. The number of hydrogen-bond donors (Lipinski definition) is 0. The van der Waals surface area contributed by atoms with Crippen molar-refractivity contribution in [1.82, 2.24) is 9.88 Å². The van der Waals surface area contributed by atoms with Gasteiger partial charge < -0.3 is 9.64 Å². The van der Waals surface area contributed by atoms with Crippen LogP contribution in [0.5, 0.6) is 0 Å². The Morgan fingerprint density at radius 2 is 2.18 bits per heavy atom. The summed E-state index contributed by atoms with van der Waals surface area (Å²) in [7, 11) is 0. The first-order valence-electron chi connectivity index (χ1n) is 7.59. The van der Waals surface area contributed by atoms with Gasteiger partial charge in [-0.25, -0.2) is 4.98 Å². The molecule has 1 amide bonds. The van der Waals surface area contributed by atoms with Gasteiger partial charge in [0, 0.05) is 30.5 Å². The molecular formula is C17H20N2O2S. The van der Waals surface area contributed by atoms with Crippen LogP contribution in [0.2, 0.25) is 0 Å². The van der Waals surface area contributed by atoms with Crippen molar-refractivity contribution in [3.8, 4) is 10.6 Å². The highest BCUT2D eigenvalue weighted by Crippen LogP contribution is 2.25. The maximum atomic E-state index is 12.1. The van der Waals surface area contributed by atoms with Gasteiger partial charge in [-0.2, -0.15) is 0 Å². The number of aryl methyl sites for hydroxylation is 2. The number of benzene rings is 1.